The van der Waals surface area contributed by atoms with Gasteiger partial charge in [-0.3, -0.25) is 9.69 Å². The lowest BCUT2D eigenvalue weighted by Crippen LogP contribution is -2.36. The number of carbonyl (C=O) groups excluding carboxylic acids is 1. The second-order valence-corrected chi connectivity index (χ2v) is 11.4. The minimum absolute atomic E-state index is 0.195. The minimum Gasteiger partial charge on any atom is -0.494 e. The van der Waals surface area contributed by atoms with E-state index in [1.807, 2.05) is 51.0 Å². The normalized spacial score (nSPS) is 12.0. The lowest BCUT2D eigenvalue weighted by Gasteiger charge is -2.23. The van der Waals surface area contributed by atoms with Gasteiger partial charge in [-0.15, -0.1) is 0 Å². The fourth-order valence-electron chi connectivity index (χ4n) is 3.70. The Morgan fingerprint density at radius 1 is 0.971 bits per heavy atom. The highest BCUT2D eigenvalue weighted by molar-refractivity contribution is 7.89. The van der Waals surface area contributed by atoms with E-state index in [4.69, 9.17) is 9.72 Å². The van der Waals surface area contributed by atoms with Crippen molar-refractivity contribution >= 4 is 42.6 Å². The van der Waals surface area contributed by atoms with E-state index in [1.165, 1.54) is 27.8 Å². The van der Waals surface area contributed by atoms with Gasteiger partial charge in [0.05, 0.1) is 16.7 Å². The van der Waals surface area contributed by atoms with Crippen LogP contribution in [0.1, 0.15) is 37.0 Å². The molecule has 0 aliphatic heterocycles. The van der Waals surface area contributed by atoms with Crippen LogP contribution < -0.4 is 9.64 Å². The molecule has 10 heteroatoms. The molecule has 0 spiro atoms. The Bertz CT molecular complexity index is 1230. The molecule has 0 saturated heterocycles. The van der Waals surface area contributed by atoms with Crippen LogP contribution in [0, 0.1) is 0 Å². The third-order valence-electron chi connectivity index (χ3n) is 5.52. The smallest absolute Gasteiger partial charge is 0.260 e. The summed E-state index contributed by atoms with van der Waals surface area (Å²) >= 11 is 1.42. The molecular formula is C25H34N4O4S2. The number of aromatic nitrogens is 1. The van der Waals surface area contributed by atoms with E-state index in [1.54, 1.807) is 24.1 Å². The van der Waals surface area contributed by atoms with Crippen molar-refractivity contribution < 1.29 is 17.9 Å². The fourth-order valence-corrected chi connectivity index (χ4v) is 6.33. The molecule has 190 valence electrons. The van der Waals surface area contributed by atoms with Crippen molar-refractivity contribution in [1.82, 2.24) is 14.2 Å². The highest BCUT2D eigenvalue weighted by Gasteiger charge is 2.25. The lowest BCUT2D eigenvalue weighted by atomic mass is 10.2. The predicted molar refractivity (Wildman–Crippen MR) is 142 cm³/mol. The van der Waals surface area contributed by atoms with Crippen molar-refractivity contribution in [2.75, 3.05) is 52.3 Å². The fraction of sp³-hybridized carbons (Fsp3) is 0.440. The van der Waals surface area contributed by atoms with Gasteiger partial charge in [-0.2, -0.15) is 4.31 Å². The van der Waals surface area contributed by atoms with Gasteiger partial charge in [-0.1, -0.05) is 31.3 Å². The van der Waals surface area contributed by atoms with Crippen LogP contribution in [0.2, 0.25) is 0 Å². The number of thiazole rings is 1. The molecule has 2 aromatic carbocycles. The Kier molecular flexibility index (Phi) is 9.23. The van der Waals surface area contributed by atoms with Gasteiger partial charge in [0.25, 0.3) is 5.91 Å². The SMILES string of the molecule is CCCN(CCC)S(=O)(=O)c1ccc(C(=O)N(CCN(C)C)c2nc3c(OC)cccc3s2)cc1. The molecule has 0 N–H and O–H groups in total. The summed E-state index contributed by atoms with van der Waals surface area (Å²) in [5.41, 5.74) is 1.12. The number of anilines is 1. The monoisotopic (exact) mass is 518 g/mol. The maximum absolute atomic E-state index is 13.6. The molecule has 1 aromatic heterocycles. The van der Waals surface area contributed by atoms with E-state index >= 15 is 0 Å². The molecular weight excluding hydrogens is 484 g/mol. The van der Waals surface area contributed by atoms with Gasteiger partial charge in [0.15, 0.2) is 5.13 Å². The van der Waals surface area contributed by atoms with Gasteiger partial charge >= 0.3 is 0 Å². The Morgan fingerprint density at radius 3 is 2.20 bits per heavy atom. The van der Waals surface area contributed by atoms with Crippen LogP contribution in [0.5, 0.6) is 5.75 Å². The average Bonchev–Trinajstić information content (AvgIpc) is 3.28. The standard InChI is InChI=1S/C25H34N4O4S2/c1-6-15-28(16-7-2)35(31,32)20-13-11-19(12-14-20)24(30)29(18-17-27(3)4)25-26-23-21(33-5)9-8-10-22(23)34-25/h8-14H,6-7,15-18H2,1-5H3. The Labute approximate surface area is 212 Å². The molecule has 0 aliphatic carbocycles. The first kappa shape index (κ1) is 27.1. The number of sulfonamides is 1. The minimum atomic E-state index is -3.61. The molecule has 0 unspecified atom stereocenters. The number of hydrogen-bond acceptors (Lipinski definition) is 7. The number of benzene rings is 2. The van der Waals surface area contributed by atoms with Gasteiger partial charge < -0.3 is 9.64 Å². The van der Waals surface area contributed by atoms with E-state index in [0.717, 1.165) is 17.5 Å². The highest BCUT2D eigenvalue weighted by atomic mass is 32.2. The van der Waals surface area contributed by atoms with E-state index in [-0.39, 0.29) is 10.8 Å². The zero-order chi connectivity index (χ0) is 25.6. The van der Waals surface area contributed by atoms with Crippen molar-refractivity contribution in [2.24, 2.45) is 0 Å². The molecule has 1 heterocycles. The van der Waals surface area contributed by atoms with Crippen LogP contribution in [-0.2, 0) is 10.0 Å². The molecule has 3 aromatic rings. The Hall–Kier alpha value is -2.53. The number of fused-ring (bicyclic) bond motifs is 1. The zero-order valence-electron chi connectivity index (χ0n) is 21.0. The number of nitrogens with zero attached hydrogens (tertiary/aromatic N) is 4. The number of rotatable bonds is 12. The Balaban J connectivity index is 1.94. The van der Waals surface area contributed by atoms with Gasteiger partial charge in [0.2, 0.25) is 10.0 Å². The molecule has 0 saturated carbocycles. The summed E-state index contributed by atoms with van der Waals surface area (Å²) in [6.45, 7) is 5.94. The van der Waals surface area contributed by atoms with Crippen molar-refractivity contribution in [3.63, 3.8) is 0 Å². The molecule has 0 radical (unpaired) electrons. The predicted octanol–water partition coefficient (Wildman–Crippen LogP) is 4.32. The highest BCUT2D eigenvalue weighted by Crippen LogP contribution is 2.34. The van der Waals surface area contributed by atoms with Gasteiger partial charge in [-0.25, -0.2) is 13.4 Å². The number of hydrogen-bond donors (Lipinski definition) is 0. The quantitative estimate of drug-likeness (QED) is 0.355. The number of methoxy groups -OCH3 is 1. The summed E-state index contributed by atoms with van der Waals surface area (Å²) in [4.78, 5) is 22.1. The second-order valence-electron chi connectivity index (χ2n) is 8.49. The number of likely N-dealkylation sites (N-methyl/N-ethyl adjacent to an activating group) is 1. The van der Waals surface area contributed by atoms with Crippen molar-refractivity contribution in [2.45, 2.75) is 31.6 Å². The summed E-state index contributed by atoms with van der Waals surface area (Å²) in [6, 6.07) is 11.9. The maximum atomic E-state index is 13.6. The van der Waals surface area contributed by atoms with Gasteiger partial charge in [0.1, 0.15) is 11.3 Å². The summed E-state index contributed by atoms with van der Waals surface area (Å²) in [5.74, 6) is 0.427. The van der Waals surface area contributed by atoms with Gasteiger partial charge in [-0.05, 0) is 63.3 Å². The number of para-hydroxylation sites is 1. The molecule has 35 heavy (non-hydrogen) atoms. The zero-order valence-corrected chi connectivity index (χ0v) is 22.7. The van der Waals surface area contributed by atoms with Gasteiger partial charge in [0, 0.05) is 31.7 Å². The molecule has 0 bridgehead atoms. The van der Waals surface area contributed by atoms with Crippen LogP contribution in [0.15, 0.2) is 47.4 Å². The first-order valence-corrected chi connectivity index (χ1v) is 14.0. The van der Waals surface area contributed by atoms with Crippen LogP contribution in [0.4, 0.5) is 5.13 Å². The molecule has 1 amide bonds. The maximum Gasteiger partial charge on any atom is 0.260 e. The van der Waals surface area contributed by atoms with Crippen molar-refractivity contribution in [3.05, 3.63) is 48.0 Å². The first-order chi connectivity index (χ1) is 16.7. The van der Waals surface area contributed by atoms with E-state index in [0.29, 0.717) is 48.1 Å². The summed E-state index contributed by atoms with van der Waals surface area (Å²) in [5, 5.41) is 0.574. The number of ether oxygens (including phenoxy) is 1. The largest absolute Gasteiger partial charge is 0.494 e. The topological polar surface area (TPSA) is 83.1 Å². The van der Waals surface area contributed by atoms with Crippen LogP contribution in [-0.4, -0.2) is 75.9 Å². The van der Waals surface area contributed by atoms with E-state index in [2.05, 4.69) is 0 Å². The van der Waals surface area contributed by atoms with Crippen LogP contribution >= 0.6 is 11.3 Å². The van der Waals surface area contributed by atoms with Crippen LogP contribution in [0.3, 0.4) is 0 Å². The molecule has 8 nitrogen and oxygen atoms in total. The van der Waals surface area contributed by atoms with Crippen molar-refractivity contribution in [1.29, 1.82) is 0 Å². The second kappa shape index (κ2) is 11.9. The average molecular weight is 519 g/mol. The molecule has 0 aliphatic rings. The third kappa shape index (κ3) is 6.19. The summed E-state index contributed by atoms with van der Waals surface area (Å²) < 4.78 is 34.0. The Morgan fingerprint density at radius 2 is 1.63 bits per heavy atom. The molecule has 0 fully saturated rings. The number of carbonyl (C=O) groups is 1. The number of amides is 1. The molecule has 3 rings (SSSR count). The van der Waals surface area contributed by atoms with E-state index in [9.17, 15) is 13.2 Å². The molecule has 0 atom stereocenters. The van der Waals surface area contributed by atoms with E-state index < -0.39 is 10.0 Å². The summed E-state index contributed by atoms with van der Waals surface area (Å²) in [7, 11) is 1.88. The van der Waals surface area contributed by atoms with Crippen LogP contribution in [0.25, 0.3) is 10.2 Å². The summed E-state index contributed by atoms with van der Waals surface area (Å²) in [6.07, 6.45) is 1.48. The first-order valence-electron chi connectivity index (χ1n) is 11.7. The van der Waals surface area contributed by atoms with Crippen molar-refractivity contribution in [3.8, 4) is 5.75 Å². The third-order valence-corrected chi connectivity index (χ3v) is 8.48. The lowest BCUT2D eigenvalue weighted by molar-refractivity contribution is 0.0985.